The third kappa shape index (κ3) is 6.28. The minimum Gasteiger partial charge on any atom is -0.465 e. The molecular formula is C46H32N4O2Pt. The number of nitrogens with zero attached hydrogens (tertiary/aromatic N) is 2. The molecule has 258 valence electrons. The molecule has 0 saturated heterocycles. The number of methoxy groups -OCH3 is 1. The van der Waals surface area contributed by atoms with Crippen molar-refractivity contribution in [3.8, 4) is 44.5 Å². The van der Waals surface area contributed by atoms with Crippen molar-refractivity contribution in [2.45, 2.75) is 0 Å². The molecule has 0 aliphatic carbocycles. The van der Waals surface area contributed by atoms with Crippen LogP contribution in [-0.4, -0.2) is 33.0 Å². The number of esters is 1. The van der Waals surface area contributed by atoms with Gasteiger partial charge in [0.2, 0.25) is 0 Å². The van der Waals surface area contributed by atoms with Crippen molar-refractivity contribution in [3.05, 3.63) is 168 Å². The molecule has 8 bridgehead atoms. The first-order valence-electron chi connectivity index (χ1n) is 17.2. The zero-order valence-electron chi connectivity index (χ0n) is 28.6. The normalized spacial score (nSPS) is 11.6. The van der Waals surface area contributed by atoms with E-state index in [1.165, 1.54) is 7.11 Å². The van der Waals surface area contributed by atoms with Gasteiger partial charge in [0.1, 0.15) is 0 Å². The van der Waals surface area contributed by atoms with Crippen molar-refractivity contribution in [3.63, 3.8) is 0 Å². The first kappa shape index (κ1) is 33.8. The van der Waals surface area contributed by atoms with Crippen LogP contribution in [0.25, 0.3) is 90.9 Å². The van der Waals surface area contributed by atoms with Gasteiger partial charge in [-0.25, -0.2) is 14.8 Å². The third-order valence-electron chi connectivity index (χ3n) is 9.54. The Hall–Kier alpha value is -6.36. The Labute approximate surface area is 320 Å². The van der Waals surface area contributed by atoms with E-state index in [-0.39, 0.29) is 27.0 Å². The third-order valence-corrected chi connectivity index (χ3v) is 9.54. The molecule has 2 aliphatic heterocycles. The number of fused-ring (bicyclic) bond motifs is 8. The summed E-state index contributed by atoms with van der Waals surface area (Å²) in [4.78, 5) is 30.6. The summed E-state index contributed by atoms with van der Waals surface area (Å²) in [6, 6.07) is 47.1. The molecule has 6 nitrogen and oxygen atoms in total. The largest absolute Gasteiger partial charge is 0.465 e. The summed E-state index contributed by atoms with van der Waals surface area (Å²) in [6.45, 7) is 0. The van der Waals surface area contributed by atoms with Gasteiger partial charge in [-0.2, -0.15) is 0 Å². The van der Waals surface area contributed by atoms with Gasteiger partial charge >= 0.3 is 5.97 Å². The molecule has 53 heavy (non-hydrogen) atoms. The maximum atomic E-state index is 12.4. The second kappa shape index (κ2) is 14.3. The van der Waals surface area contributed by atoms with E-state index in [2.05, 4.69) is 107 Å². The summed E-state index contributed by atoms with van der Waals surface area (Å²) < 4.78 is 4.98. The zero-order valence-corrected chi connectivity index (χ0v) is 30.9. The fraction of sp³-hybridized carbons (Fsp3) is 0.0217. The number of hydrogen-bond donors (Lipinski definition) is 2. The van der Waals surface area contributed by atoms with E-state index in [4.69, 9.17) is 14.7 Å². The molecular weight excluding hydrogens is 836 g/mol. The molecule has 5 heterocycles. The van der Waals surface area contributed by atoms with Crippen molar-refractivity contribution in [2.75, 3.05) is 7.11 Å². The van der Waals surface area contributed by atoms with Crippen molar-refractivity contribution < 1.29 is 30.6 Å². The Morgan fingerprint density at radius 3 is 1.04 bits per heavy atom. The zero-order chi connectivity index (χ0) is 35.0. The molecule has 4 aromatic carbocycles. The number of rotatable bonds is 5. The number of benzene rings is 4. The number of H-pyrrole nitrogens is 2. The molecule has 0 radical (unpaired) electrons. The van der Waals surface area contributed by atoms with Crippen LogP contribution < -0.4 is 0 Å². The summed E-state index contributed by atoms with van der Waals surface area (Å²) in [7, 11) is 1.39. The minimum atomic E-state index is -0.380. The fourth-order valence-electron chi connectivity index (χ4n) is 7.13. The van der Waals surface area contributed by atoms with Gasteiger partial charge in [0.05, 0.1) is 35.4 Å². The summed E-state index contributed by atoms with van der Waals surface area (Å²) in [5.74, 6) is -0.380. The van der Waals surface area contributed by atoms with Crippen LogP contribution in [-0.2, 0) is 25.8 Å². The number of nitrogens with one attached hydrogen (secondary N) is 2. The van der Waals surface area contributed by atoms with Crippen molar-refractivity contribution in [2.24, 2.45) is 0 Å². The number of carbonyl (C=O) groups excluding carboxylic acids is 1. The van der Waals surface area contributed by atoms with Crippen molar-refractivity contribution in [1.29, 1.82) is 0 Å². The van der Waals surface area contributed by atoms with Crippen molar-refractivity contribution in [1.82, 2.24) is 19.9 Å². The second-order valence-corrected chi connectivity index (χ2v) is 12.7. The molecule has 0 amide bonds. The monoisotopic (exact) mass is 867 g/mol. The first-order valence-corrected chi connectivity index (χ1v) is 17.2. The Balaban J connectivity index is 0.00000400. The fourth-order valence-corrected chi connectivity index (χ4v) is 7.13. The average Bonchev–Trinajstić information content (AvgIpc) is 4.04. The summed E-state index contributed by atoms with van der Waals surface area (Å²) in [5.41, 5.74) is 15.5. The van der Waals surface area contributed by atoms with Gasteiger partial charge in [-0.3, -0.25) is 0 Å². The molecule has 9 rings (SSSR count). The van der Waals surface area contributed by atoms with E-state index < -0.39 is 0 Å². The van der Waals surface area contributed by atoms with Crippen LogP contribution in [0.1, 0.15) is 33.1 Å². The van der Waals surface area contributed by atoms with E-state index in [0.717, 1.165) is 89.4 Å². The molecule has 2 aliphatic rings. The predicted octanol–water partition coefficient (Wildman–Crippen LogP) is 11.1. The van der Waals surface area contributed by atoms with Crippen LogP contribution in [0, 0.1) is 0 Å². The number of carbonyl (C=O) groups is 1. The summed E-state index contributed by atoms with van der Waals surface area (Å²) in [6.07, 6.45) is 8.36. The molecule has 7 aromatic rings. The SMILES string of the molecule is COC(=O)c1ccc(-c2c3nc(c(-c4ccccc4)c4ccc([nH]4)c(-c4ccccc4)c4nc(c(-c5ccccc5)c5ccc2[nH]5)C=C4)C=C3)cc1.[Pt]. The maximum Gasteiger partial charge on any atom is 0.337 e. The topological polar surface area (TPSA) is 83.7 Å². The molecule has 0 saturated carbocycles. The molecule has 7 heteroatoms. The molecule has 0 fully saturated rings. The van der Waals surface area contributed by atoms with E-state index in [1.54, 1.807) is 12.1 Å². The Morgan fingerprint density at radius 2 is 0.736 bits per heavy atom. The number of hydrogen-bond acceptors (Lipinski definition) is 4. The first-order chi connectivity index (χ1) is 25.6. The second-order valence-electron chi connectivity index (χ2n) is 12.7. The van der Waals surface area contributed by atoms with Crippen LogP contribution >= 0.6 is 0 Å². The van der Waals surface area contributed by atoms with Crippen LogP contribution in [0.5, 0.6) is 0 Å². The number of ether oxygens (including phenoxy) is 1. The summed E-state index contributed by atoms with van der Waals surface area (Å²) >= 11 is 0. The van der Waals surface area contributed by atoms with Crippen LogP contribution in [0.3, 0.4) is 0 Å². The Bertz CT molecular complexity index is 2680. The number of aromatic nitrogens is 4. The molecule has 0 unspecified atom stereocenters. The van der Waals surface area contributed by atoms with E-state index >= 15 is 0 Å². The predicted molar refractivity (Wildman–Crippen MR) is 212 cm³/mol. The van der Waals surface area contributed by atoms with Gasteiger partial charge in [-0.15, -0.1) is 0 Å². The van der Waals surface area contributed by atoms with Crippen molar-refractivity contribution >= 4 is 52.3 Å². The van der Waals surface area contributed by atoms with Gasteiger partial charge in [0, 0.05) is 65.4 Å². The quantitative estimate of drug-likeness (QED) is 0.169. The van der Waals surface area contributed by atoms with Gasteiger partial charge in [0.25, 0.3) is 0 Å². The van der Waals surface area contributed by atoms with Gasteiger partial charge in [-0.1, -0.05) is 103 Å². The minimum absolute atomic E-state index is 0. The van der Waals surface area contributed by atoms with Gasteiger partial charge in [-0.05, 0) is 83.0 Å². The summed E-state index contributed by atoms with van der Waals surface area (Å²) in [5, 5.41) is 0. The average molecular weight is 868 g/mol. The Kier molecular flexibility index (Phi) is 9.13. The van der Waals surface area contributed by atoms with Crippen LogP contribution in [0.15, 0.2) is 140 Å². The number of aromatic amines is 2. The van der Waals surface area contributed by atoms with E-state index in [1.807, 2.05) is 54.6 Å². The van der Waals surface area contributed by atoms with E-state index in [0.29, 0.717) is 5.56 Å². The Morgan fingerprint density at radius 1 is 0.434 bits per heavy atom. The smallest absolute Gasteiger partial charge is 0.337 e. The molecule has 2 N–H and O–H groups in total. The molecule has 0 atom stereocenters. The maximum absolute atomic E-state index is 12.4. The van der Waals surface area contributed by atoms with Crippen LogP contribution in [0.2, 0.25) is 0 Å². The molecule has 0 spiro atoms. The van der Waals surface area contributed by atoms with Gasteiger partial charge < -0.3 is 14.7 Å². The van der Waals surface area contributed by atoms with E-state index in [9.17, 15) is 4.79 Å². The standard InChI is InChI=1S/C46H32N4O2.Pt/c1-52-46(51)33-19-17-32(18-20-33)45-40-27-25-38(49-40)43(30-13-7-3-8-14-30)36-23-21-34(47-36)42(29-11-5-2-6-12-29)35-22-24-37(48-35)44(31-15-9-4-10-16-31)39-26-28-41(45)50-39;/h2-28,47,50H,1H3;. The van der Waals surface area contributed by atoms with Crippen LogP contribution in [0.4, 0.5) is 0 Å². The molecule has 3 aromatic heterocycles. The van der Waals surface area contributed by atoms with Gasteiger partial charge in [0.15, 0.2) is 0 Å².